The Morgan fingerprint density at radius 3 is 2.00 bits per heavy atom. The quantitative estimate of drug-likeness (QED) is 0.633. The number of rotatable bonds is 3. The first-order valence-corrected chi connectivity index (χ1v) is 7.14. The molecular weight excluding hydrogens is 246 g/mol. The summed E-state index contributed by atoms with van der Waals surface area (Å²) in [4.78, 5) is 25.6. The van der Waals surface area contributed by atoms with Crippen molar-refractivity contribution in [2.45, 2.75) is 47.5 Å². The Kier molecular flexibility index (Phi) is 4.52. The monoisotopic (exact) mass is 271 g/mol. The molecule has 1 saturated heterocycles. The van der Waals surface area contributed by atoms with Crippen LogP contribution in [0.15, 0.2) is 0 Å². The van der Waals surface area contributed by atoms with Crippen LogP contribution in [0.5, 0.6) is 0 Å². The Hall–Kier alpha value is -0.510. The van der Waals surface area contributed by atoms with Crippen molar-refractivity contribution in [3.63, 3.8) is 0 Å². The minimum Gasteiger partial charge on any atom is -0.282 e. The molecule has 0 spiro atoms. The van der Waals surface area contributed by atoms with Gasteiger partial charge in [-0.3, -0.25) is 14.5 Å². The average molecular weight is 271 g/mol. The summed E-state index contributed by atoms with van der Waals surface area (Å²) < 4.78 is 0. The van der Waals surface area contributed by atoms with Gasteiger partial charge >= 0.3 is 0 Å². The van der Waals surface area contributed by atoms with Gasteiger partial charge < -0.3 is 0 Å². The zero-order valence-electron chi connectivity index (χ0n) is 12.1. The fraction of sp³-hybridized carbons (Fsp3) is 0.857. The van der Waals surface area contributed by atoms with E-state index in [1.165, 1.54) is 4.90 Å². The van der Waals surface area contributed by atoms with Crippen LogP contribution in [0.4, 0.5) is 0 Å². The van der Waals surface area contributed by atoms with Gasteiger partial charge in [-0.05, 0) is 22.5 Å². The van der Waals surface area contributed by atoms with Crippen molar-refractivity contribution in [3.8, 4) is 0 Å². The SMILES string of the molecule is CC1(C)CC(=O)N(CC(CS)C(C)(C)C)C(=O)C1. The molecule has 1 heterocycles. The second-order valence-corrected chi connectivity index (χ2v) is 7.53. The molecule has 1 unspecified atom stereocenters. The molecule has 3 nitrogen and oxygen atoms in total. The summed E-state index contributed by atoms with van der Waals surface area (Å²) in [5.74, 6) is 0.846. The number of amides is 2. The highest BCUT2D eigenvalue weighted by Gasteiger charge is 2.39. The molecule has 0 N–H and O–H groups in total. The summed E-state index contributed by atoms with van der Waals surface area (Å²) in [5.41, 5.74) is -0.141. The number of imide groups is 1. The lowest BCUT2D eigenvalue weighted by Gasteiger charge is -2.39. The third-order valence-corrected chi connectivity index (χ3v) is 4.15. The molecule has 1 rings (SSSR count). The number of carbonyl (C=O) groups excluding carboxylic acids is 2. The number of carbonyl (C=O) groups is 2. The number of hydrogen-bond donors (Lipinski definition) is 1. The summed E-state index contributed by atoms with van der Waals surface area (Å²) in [6.07, 6.45) is 0.921. The molecule has 0 aliphatic carbocycles. The zero-order valence-corrected chi connectivity index (χ0v) is 13.0. The van der Waals surface area contributed by atoms with E-state index < -0.39 is 0 Å². The third kappa shape index (κ3) is 3.74. The Morgan fingerprint density at radius 2 is 1.67 bits per heavy atom. The van der Waals surface area contributed by atoms with E-state index in [4.69, 9.17) is 0 Å². The predicted octanol–water partition coefficient (Wildman–Crippen LogP) is 2.75. The summed E-state index contributed by atoms with van der Waals surface area (Å²) in [7, 11) is 0. The highest BCUT2D eigenvalue weighted by atomic mass is 32.1. The number of hydrogen-bond acceptors (Lipinski definition) is 3. The van der Waals surface area contributed by atoms with E-state index >= 15 is 0 Å². The number of nitrogens with zero attached hydrogens (tertiary/aromatic N) is 1. The van der Waals surface area contributed by atoms with Gasteiger partial charge in [-0.1, -0.05) is 34.6 Å². The molecule has 0 aromatic heterocycles. The first-order valence-electron chi connectivity index (χ1n) is 6.51. The number of likely N-dealkylation sites (tertiary alicyclic amines) is 1. The highest BCUT2D eigenvalue weighted by molar-refractivity contribution is 7.80. The van der Waals surface area contributed by atoms with Gasteiger partial charge in [-0.15, -0.1) is 0 Å². The minimum atomic E-state index is -0.192. The molecule has 1 atom stereocenters. The Morgan fingerprint density at radius 1 is 1.22 bits per heavy atom. The summed E-state index contributed by atoms with van der Waals surface area (Å²) >= 11 is 4.35. The van der Waals surface area contributed by atoms with Crippen LogP contribution < -0.4 is 0 Å². The van der Waals surface area contributed by atoms with E-state index in [1.807, 2.05) is 13.8 Å². The van der Waals surface area contributed by atoms with Gasteiger partial charge in [0.05, 0.1) is 0 Å². The van der Waals surface area contributed by atoms with Gasteiger partial charge in [0.1, 0.15) is 0 Å². The largest absolute Gasteiger partial charge is 0.282 e. The maximum atomic E-state index is 12.1. The second kappa shape index (κ2) is 5.24. The van der Waals surface area contributed by atoms with Crippen LogP contribution in [-0.2, 0) is 9.59 Å². The smallest absolute Gasteiger partial charge is 0.229 e. The molecule has 0 aromatic carbocycles. The van der Waals surface area contributed by atoms with E-state index in [2.05, 4.69) is 33.4 Å². The van der Waals surface area contributed by atoms with Gasteiger partial charge in [0.25, 0.3) is 0 Å². The van der Waals surface area contributed by atoms with E-state index in [0.717, 1.165) is 0 Å². The molecule has 104 valence electrons. The lowest BCUT2D eigenvalue weighted by atomic mass is 9.79. The molecule has 0 aromatic rings. The summed E-state index contributed by atoms with van der Waals surface area (Å²) in [6, 6.07) is 0. The second-order valence-electron chi connectivity index (χ2n) is 7.16. The van der Waals surface area contributed by atoms with Crippen molar-refractivity contribution in [1.29, 1.82) is 0 Å². The zero-order chi connectivity index (χ0) is 14.1. The Balaban J connectivity index is 2.79. The van der Waals surface area contributed by atoms with Gasteiger partial charge in [-0.25, -0.2) is 0 Å². The molecule has 0 saturated carbocycles. The molecule has 1 aliphatic rings. The van der Waals surface area contributed by atoms with Crippen LogP contribution >= 0.6 is 12.6 Å². The lowest BCUT2D eigenvalue weighted by molar-refractivity contribution is -0.153. The van der Waals surface area contributed by atoms with Gasteiger partial charge in [0.2, 0.25) is 11.8 Å². The predicted molar refractivity (Wildman–Crippen MR) is 76.5 cm³/mol. The van der Waals surface area contributed by atoms with Gasteiger partial charge in [-0.2, -0.15) is 12.6 Å². The fourth-order valence-electron chi connectivity index (χ4n) is 2.24. The van der Waals surface area contributed by atoms with Crippen molar-refractivity contribution in [2.24, 2.45) is 16.7 Å². The third-order valence-electron chi connectivity index (χ3n) is 3.71. The number of thiol groups is 1. The molecule has 1 fully saturated rings. The molecule has 4 heteroatoms. The average Bonchev–Trinajstić information content (AvgIpc) is 2.12. The van der Waals surface area contributed by atoms with Gasteiger partial charge in [0.15, 0.2) is 0 Å². The molecular formula is C14H25NO2S. The van der Waals surface area contributed by atoms with Crippen molar-refractivity contribution < 1.29 is 9.59 Å². The van der Waals surface area contributed by atoms with Crippen molar-refractivity contribution in [3.05, 3.63) is 0 Å². The number of piperidine rings is 1. The van der Waals surface area contributed by atoms with Gasteiger partial charge in [0, 0.05) is 19.4 Å². The lowest BCUT2D eigenvalue weighted by Crippen LogP contribution is -2.49. The van der Waals surface area contributed by atoms with Crippen LogP contribution in [0.3, 0.4) is 0 Å². The van der Waals surface area contributed by atoms with E-state index in [-0.39, 0.29) is 28.6 Å². The van der Waals surface area contributed by atoms with Crippen LogP contribution in [0.2, 0.25) is 0 Å². The molecule has 0 bridgehead atoms. The van der Waals surface area contributed by atoms with Crippen LogP contribution in [0.1, 0.15) is 47.5 Å². The molecule has 0 radical (unpaired) electrons. The standard InChI is InChI=1S/C14H25NO2S/c1-13(2,3)10(9-18)8-15-11(16)6-14(4,5)7-12(15)17/h10,18H,6-9H2,1-5H3. The van der Waals surface area contributed by atoms with Crippen molar-refractivity contribution in [2.75, 3.05) is 12.3 Å². The van der Waals surface area contributed by atoms with Crippen LogP contribution in [0.25, 0.3) is 0 Å². The first-order chi connectivity index (χ1) is 8.07. The molecule has 18 heavy (non-hydrogen) atoms. The maximum absolute atomic E-state index is 12.1. The Bertz CT molecular complexity index is 324. The maximum Gasteiger partial charge on any atom is 0.229 e. The molecule has 1 aliphatic heterocycles. The van der Waals surface area contributed by atoms with Crippen LogP contribution in [0, 0.1) is 16.7 Å². The summed E-state index contributed by atoms with van der Waals surface area (Å²) in [5, 5.41) is 0. The van der Waals surface area contributed by atoms with E-state index in [9.17, 15) is 9.59 Å². The highest BCUT2D eigenvalue weighted by Crippen LogP contribution is 2.34. The van der Waals surface area contributed by atoms with Crippen molar-refractivity contribution >= 4 is 24.4 Å². The minimum absolute atomic E-state index is 0.0349. The molecule has 2 amide bonds. The Labute approximate surface area is 116 Å². The normalized spacial score (nSPS) is 22.2. The van der Waals surface area contributed by atoms with Crippen LogP contribution in [-0.4, -0.2) is 29.0 Å². The first kappa shape index (κ1) is 15.5. The summed E-state index contributed by atoms with van der Waals surface area (Å²) in [6.45, 7) is 10.8. The topological polar surface area (TPSA) is 37.4 Å². The fourth-order valence-corrected chi connectivity index (χ4v) is 2.90. The van der Waals surface area contributed by atoms with E-state index in [1.54, 1.807) is 0 Å². The van der Waals surface area contributed by atoms with E-state index in [0.29, 0.717) is 25.1 Å². The van der Waals surface area contributed by atoms with Crippen molar-refractivity contribution in [1.82, 2.24) is 4.90 Å².